The van der Waals surface area contributed by atoms with Crippen LogP contribution in [0.1, 0.15) is 197 Å². The zero-order chi connectivity index (χ0) is 55.2. The van der Waals surface area contributed by atoms with E-state index in [2.05, 4.69) is 0 Å². The predicted octanol–water partition coefficient (Wildman–Crippen LogP) is 15.9. The Labute approximate surface area is 413 Å². The largest absolute Gasteiger partial charge is 0.459 e. The second kappa shape index (κ2) is 21.4. The van der Waals surface area contributed by atoms with Gasteiger partial charge in [-0.15, -0.1) is 0 Å². The van der Waals surface area contributed by atoms with Gasteiger partial charge in [0, 0.05) is 25.7 Å². The Kier molecular flexibility index (Phi) is 18.4. The van der Waals surface area contributed by atoms with E-state index in [1.54, 1.807) is 20.8 Å². The lowest BCUT2D eigenvalue weighted by Gasteiger charge is -2.48. The predicted molar refractivity (Wildman–Crippen MR) is 237 cm³/mol. The maximum atomic E-state index is 14.9. The van der Waals surface area contributed by atoms with E-state index >= 15 is 0 Å². The van der Waals surface area contributed by atoms with Crippen LogP contribution in [0.5, 0.6) is 0 Å². The van der Waals surface area contributed by atoms with E-state index in [0.717, 1.165) is 38.5 Å². The zero-order valence-electron chi connectivity index (χ0n) is 42.9. The molecule has 0 amide bonds. The third-order valence-corrected chi connectivity index (χ3v) is 17.8. The number of hydrogen-bond donors (Lipinski definition) is 0. The van der Waals surface area contributed by atoms with E-state index in [1.807, 2.05) is 0 Å². The Morgan fingerprint density at radius 3 is 1.31 bits per heavy atom. The number of rotatable bonds is 13. The van der Waals surface area contributed by atoms with Crippen LogP contribution in [0.15, 0.2) is 0 Å². The SMILES string of the molecule is CCC1(C(=O)OC2CC(C)CC(F)(C(C)(F)F)C2(F)F)CCCC1.CCC1CC(C(=O)OC2(CC)CCCC2)C(F)(F)C1(F)C(C)(F)F.CCC1CC(OC(=O)C2(CC)CCCC2)C(F)(F)C(C)(F)C1(F)F. The fourth-order valence-electron chi connectivity index (χ4n) is 12.4. The summed E-state index contributed by atoms with van der Waals surface area (Å²) in [5.41, 5.74) is -14.6. The van der Waals surface area contributed by atoms with E-state index in [9.17, 15) is 80.2 Å². The van der Waals surface area contributed by atoms with Crippen LogP contribution < -0.4 is 0 Å². The van der Waals surface area contributed by atoms with Gasteiger partial charge in [-0.1, -0.05) is 67.2 Å². The lowest BCUT2D eigenvalue weighted by atomic mass is 9.71. The molecule has 0 aromatic rings. The molecule has 6 saturated carbocycles. The van der Waals surface area contributed by atoms with Crippen molar-refractivity contribution < 1.29 is 94.5 Å². The molecule has 6 nitrogen and oxygen atoms in total. The Bertz CT molecular complexity index is 1830. The van der Waals surface area contributed by atoms with Crippen molar-refractivity contribution in [3.8, 4) is 0 Å². The molecule has 0 N–H and O–H groups in total. The standard InChI is InChI=1S/3C17H25F5O2/c1-4-15(7-5-6-8-15)13(23)24-12-9-11(2)10-16(20,14(3,18)19)17(12,21)22;1-4-11-10-12(17(21,22)14(3,18)16(11,19)20)24-13(23)15(5-2)8-6-7-9-15;1-4-11-10-12(17(21,22)16(11,20)14(3,18)19)13(23)24-15(5-2)8-6-7-9-15/h3*11-12H,4-10H2,1-3H3. The summed E-state index contributed by atoms with van der Waals surface area (Å²) in [6.45, 7) is 10.0. The van der Waals surface area contributed by atoms with Crippen LogP contribution in [0.4, 0.5) is 65.9 Å². The second-order valence-corrected chi connectivity index (χ2v) is 22.2. The van der Waals surface area contributed by atoms with Gasteiger partial charge in [0.05, 0.1) is 10.8 Å². The minimum Gasteiger partial charge on any atom is -0.459 e. The molecule has 21 heteroatoms. The lowest BCUT2D eigenvalue weighted by Crippen LogP contribution is -2.68. The fraction of sp³-hybridized carbons (Fsp3) is 0.941. The summed E-state index contributed by atoms with van der Waals surface area (Å²) in [5, 5.41) is 0. The molecular weight excluding hydrogens is 994 g/mol. The molecular formula is C51H75F15O6. The third kappa shape index (κ3) is 10.6. The quantitative estimate of drug-likeness (QED) is 0.104. The smallest absolute Gasteiger partial charge is 0.323 e. The van der Waals surface area contributed by atoms with Crippen LogP contribution in [0.2, 0.25) is 0 Å². The van der Waals surface area contributed by atoms with Crippen LogP contribution in [-0.2, 0) is 28.6 Å². The molecule has 6 aliphatic rings. The van der Waals surface area contributed by atoms with Crippen LogP contribution in [0.25, 0.3) is 0 Å². The van der Waals surface area contributed by atoms with Crippen LogP contribution in [0, 0.1) is 34.5 Å². The van der Waals surface area contributed by atoms with Gasteiger partial charge in [-0.25, -0.2) is 48.3 Å². The van der Waals surface area contributed by atoms with Gasteiger partial charge in [-0.05, 0) is 122 Å². The molecule has 0 bridgehead atoms. The van der Waals surface area contributed by atoms with E-state index < -0.39 is 142 Å². The minimum absolute atomic E-state index is 0.155. The molecule has 6 rings (SSSR count). The summed E-state index contributed by atoms with van der Waals surface area (Å²) in [6.07, 6.45) is 2.07. The van der Waals surface area contributed by atoms with Crippen molar-refractivity contribution in [2.45, 2.75) is 268 Å². The van der Waals surface area contributed by atoms with Crippen molar-refractivity contribution in [3.63, 3.8) is 0 Å². The molecule has 9 unspecified atom stereocenters. The first-order valence-corrected chi connectivity index (χ1v) is 25.8. The van der Waals surface area contributed by atoms with E-state index in [-0.39, 0.29) is 40.0 Å². The highest BCUT2D eigenvalue weighted by atomic mass is 19.3. The average Bonchev–Trinajstić information content (AvgIpc) is 4.11. The summed E-state index contributed by atoms with van der Waals surface area (Å²) in [5.74, 6) is -34.9. The maximum Gasteiger partial charge on any atom is 0.323 e. The van der Waals surface area contributed by atoms with E-state index in [4.69, 9.17) is 14.2 Å². The van der Waals surface area contributed by atoms with E-state index in [1.165, 1.54) is 20.8 Å². The summed E-state index contributed by atoms with van der Waals surface area (Å²) in [7, 11) is 0. The fourth-order valence-corrected chi connectivity index (χ4v) is 12.4. The van der Waals surface area contributed by atoms with Gasteiger partial charge < -0.3 is 14.2 Å². The number of esters is 3. The molecule has 0 spiro atoms. The first-order chi connectivity index (χ1) is 32.8. The average molecular weight is 1070 g/mol. The highest BCUT2D eigenvalue weighted by Gasteiger charge is 2.80. The number of hydrogen-bond acceptors (Lipinski definition) is 6. The number of carbonyl (C=O) groups excluding carboxylic acids is 3. The van der Waals surface area contributed by atoms with Crippen molar-refractivity contribution in [1.82, 2.24) is 0 Å². The Morgan fingerprint density at radius 2 is 0.944 bits per heavy atom. The maximum absolute atomic E-state index is 14.9. The summed E-state index contributed by atoms with van der Waals surface area (Å²) in [6, 6.07) is 0. The first kappa shape index (κ1) is 61.9. The molecule has 72 heavy (non-hydrogen) atoms. The van der Waals surface area contributed by atoms with Crippen LogP contribution in [-0.4, -0.2) is 88.3 Å². The van der Waals surface area contributed by atoms with Gasteiger partial charge in [0.2, 0.25) is 17.0 Å². The van der Waals surface area contributed by atoms with Crippen LogP contribution >= 0.6 is 0 Å². The molecule has 0 aromatic heterocycles. The number of carbonyl (C=O) groups is 3. The lowest BCUT2D eigenvalue weighted by molar-refractivity contribution is -0.321. The van der Waals surface area contributed by atoms with Crippen molar-refractivity contribution in [2.75, 3.05) is 0 Å². The number of ether oxygens (including phenoxy) is 3. The summed E-state index contributed by atoms with van der Waals surface area (Å²) >= 11 is 0. The minimum atomic E-state index is -4.46. The molecule has 0 aliphatic heterocycles. The highest BCUT2D eigenvalue weighted by Crippen LogP contribution is 2.62. The molecule has 6 fully saturated rings. The number of halogens is 15. The van der Waals surface area contributed by atoms with Gasteiger partial charge in [-0.2, -0.15) is 17.6 Å². The molecule has 0 heterocycles. The van der Waals surface area contributed by atoms with Crippen LogP contribution in [0.3, 0.4) is 0 Å². The second-order valence-electron chi connectivity index (χ2n) is 22.2. The molecule has 9 atom stereocenters. The Morgan fingerprint density at radius 1 is 0.528 bits per heavy atom. The molecule has 0 aromatic carbocycles. The molecule has 420 valence electrons. The Hall–Kier alpha value is -2.64. The van der Waals surface area contributed by atoms with Crippen molar-refractivity contribution >= 4 is 17.9 Å². The normalized spacial score (nSPS) is 36.0. The van der Waals surface area contributed by atoms with Gasteiger partial charge >= 0.3 is 35.7 Å². The van der Waals surface area contributed by atoms with Gasteiger partial charge in [-0.3, -0.25) is 14.4 Å². The first-order valence-electron chi connectivity index (χ1n) is 25.8. The summed E-state index contributed by atoms with van der Waals surface area (Å²) < 4.78 is 229. The third-order valence-electron chi connectivity index (χ3n) is 17.8. The molecule has 0 radical (unpaired) electrons. The summed E-state index contributed by atoms with van der Waals surface area (Å²) in [4.78, 5) is 37.3. The molecule has 0 saturated heterocycles. The Balaban J connectivity index is 0.000000234. The zero-order valence-corrected chi connectivity index (χ0v) is 42.9. The topological polar surface area (TPSA) is 78.9 Å². The van der Waals surface area contributed by atoms with Gasteiger partial charge in [0.15, 0.2) is 12.2 Å². The van der Waals surface area contributed by atoms with Crippen molar-refractivity contribution in [1.29, 1.82) is 0 Å². The van der Waals surface area contributed by atoms with Crippen molar-refractivity contribution in [3.05, 3.63) is 0 Å². The van der Waals surface area contributed by atoms with E-state index in [0.29, 0.717) is 57.8 Å². The number of alkyl halides is 15. The highest BCUT2D eigenvalue weighted by molar-refractivity contribution is 5.78. The monoisotopic (exact) mass is 1070 g/mol. The van der Waals surface area contributed by atoms with Gasteiger partial charge in [0.1, 0.15) is 11.5 Å². The molecule has 6 aliphatic carbocycles. The van der Waals surface area contributed by atoms with Crippen molar-refractivity contribution in [2.24, 2.45) is 34.5 Å². The van der Waals surface area contributed by atoms with Gasteiger partial charge in [0.25, 0.3) is 17.8 Å².